The Morgan fingerprint density at radius 2 is 1.92 bits per heavy atom. The number of benzene rings is 1. The molecular formula is C15H14Cl3NO5. The van der Waals surface area contributed by atoms with E-state index in [9.17, 15) is 14.7 Å². The van der Waals surface area contributed by atoms with Gasteiger partial charge in [0, 0.05) is 6.21 Å². The molecule has 0 amide bonds. The summed E-state index contributed by atoms with van der Waals surface area (Å²) < 4.78 is 9.40. The molecule has 1 aromatic rings. The summed E-state index contributed by atoms with van der Waals surface area (Å²) in [7, 11) is 1.16. The molecule has 0 aromatic heterocycles. The monoisotopic (exact) mass is 393 g/mol. The van der Waals surface area contributed by atoms with E-state index in [-0.39, 0.29) is 44.3 Å². The van der Waals surface area contributed by atoms with Crippen LogP contribution >= 0.6 is 34.8 Å². The molecule has 6 nitrogen and oxygen atoms in total. The molecule has 0 bridgehead atoms. The van der Waals surface area contributed by atoms with E-state index in [4.69, 9.17) is 39.5 Å². The Kier molecular flexibility index (Phi) is 7.54. The maximum absolute atomic E-state index is 11.8. The summed E-state index contributed by atoms with van der Waals surface area (Å²) >= 11 is 18.0. The molecule has 0 spiro atoms. The van der Waals surface area contributed by atoms with Gasteiger partial charge in [0.2, 0.25) is 0 Å². The number of ether oxygens (including phenoxy) is 2. The van der Waals surface area contributed by atoms with Gasteiger partial charge in [0.15, 0.2) is 0 Å². The summed E-state index contributed by atoms with van der Waals surface area (Å²) in [6.07, 6.45) is 1.06. The van der Waals surface area contributed by atoms with Gasteiger partial charge in [-0.05, 0) is 19.9 Å². The van der Waals surface area contributed by atoms with Crippen LogP contribution in [-0.4, -0.2) is 37.0 Å². The summed E-state index contributed by atoms with van der Waals surface area (Å²) in [6.45, 7) is 3.05. The Morgan fingerprint density at radius 1 is 1.29 bits per heavy atom. The second kappa shape index (κ2) is 8.92. The van der Waals surface area contributed by atoms with Crippen molar-refractivity contribution in [2.75, 3.05) is 13.7 Å². The fraction of sp³-hybridized carbons (Fsp3) is 0.267. The number of aliphatic hydroxyl groups excluding tert-OH is 1. The first-order valence-electron chi connectivity index (χ1n) is 6.61. The summed E-state index contributed by atoms with van der Waals surface area (Å²) in [5.74, 6) is -1.84. The van der Waals surface area contributed by atoms with Gasteiger partial charge >= 0.3 is 11.9 Å². The van der Waals surface area contributed by atoms with Crippen molar-refractivity contribution in [2.24, 2.45) is 4.99 Å². The van der Waals surface area contributed by atoms with Crippen LogP contribution in [0.15, 0.2) is 22.4 Å². The lowest BCUT2D eigenvalue weighted by atomic mass is 10.2. The highest BCUT2D eigenvalue weighted by Crippen LogP contribution is 2.39. The minimum Gasteiger partial charge on any atom is -0.512 e. The number of rotatable bonds is 5. The van der Waals surface area contributed by atoms with E-state index in [0.717, 1.165) is 13.3 Å². The minimum atomic E-state index is -0.788. The lowest BCUT2D eigenvalue weighted by Crippen LogP contribution is -2.10. The number of carbonyl (C=O) groups excluding carboxylic acids is 2. The van der Waals surface area contributed by atoms with Crippen molar-refractivity contribution in [1.29, 1.82) is 0 Å². The number of allylic oxidation sites excluding steroid dienone is 1. The van der Waals surface area contributed by atoms with E-state index >= 15 is 0 Å². The molecule has 9 heteroatoms. The molecule has 24 heavy (non-hydrogen) atoms. The van der Waals surface area contributed by atoms with Crippen LogP contribution in [0.4, 0.5) is 5.69 Å². The smallest absolute Gasteiger partial charge is 0.343 e. The Balaban J connectivity index is 3.38. The van der Waals surface area contributed by atoms with Gasteiger partial charge in [-0.1, -0.05) is 34.8 Å². The van der Waals surface area contributed by atoms with Gasteiger partial charge in [0.05, 0.1) is 34.5 Å². The number of hydrogen-bond donors (Lipinski definition) is 1. The van der Waals surface area contributed by atoms with Gasteiger partial charge in [0.1, 0.15) is 16.9 Å². The molecule has 1 rings (SSSR count). The first-order chi connectivity index (χ1) is 11.2. The fourth-order valence-corrected chi connectivity index (χ4v) is 2.35. The van der Waals surface area contributed by atoms with E-state index in [1.165, 1.54) is 13.0 Å². The number of carbonyl (C=O) groups is 2. The Hall–Kier alpha value is -1.76. The van der Waals surface area contributed by atoms with Crippen molar-refractivity contribution in [1.82, 2.24) is 0 Å². The normalized spacial score (nSPS) is 12.1. The average Bonchev–Trinajstić information content (AvgIpc) is 2.52. The number of methoxy groups -OCH3 is 1. The van der Waals surface area contributed by atoms with E-state index in [1.807, 2.05) is 0 Å². The van der Waals surface area contributed by atoms with Gasteiger partial charge in [-0.2, -0.15) is 0 Å². The molecule has 0 atom stereocenters. The molecule has 0 unspecified atom stereocenters. The van der Waals surface area contributed by atoms with Crippen LogP contribution in [0.1, 0.15) is 24.2 Å². The standard InChI is InChI=1S/C15H14Cl3NO5/c1-4-24-14(21)8(7(2)20)6-19-10-5-9(16)12(17)11(13(10)18)15(22)23-3/h5-6,20H,4H2,1-3H3. The van der Waals surface area contributed by atoms with Crippen LogP contribution in [-0.2, 0) is 14.3 Å². The van der Waals surface area contributed by atoms with Crippen molar-refractivity contribution < 1.29 is 24.2 Å². The highest BCUT2D eigenvalue weighted by atomic mass is 35.5. The summed E-state index contributed by atoms with van der Waals surface area (Å²) in [5, 5.41) is 9.41. The van der Waals surface area contributed by atoms with Crippen LogP contribution in [0.5, 0.6) is 0 Å². The van der Waals surface area contributed by atoms with E-state index in [0.29, 0.717) is 0 Å². The molecule has 0 aliphatic rings. The van der Waals surface area contributed by atoms with Gasteiger partial charge < -0.3 is 14.6 Å². The number of esters is 2. The van der Waals surface area contributed by atoms with Gasteiger partial charge in [-0.15, -0.1) is 0 Å². The molecule has 0 radical (unpaired) electrons. The number of halogens is 3. The van der Waals surface area contributed by atoms with Crippen molar-refractivity contribution in [3.05, 3.63) is 38.0 Å². The number of nitrogens with zero attached hydrogens (tertiary/aromatic N) is 1. The third-order valence-corrected chi connectivity index (χ3v) is 3.91. The second-order valence-corrected chi connectivity index (χ2v) is 5.51. The summed E-state index contributed by atoms with van der Waals surface area (Å²) in [6, 6.07) is 1.31. The average molecular weight is 395 g/mol. The van der Waals surface area contributed by atoms with Gasteiger partial charge in [-0.3, -0.25) is 4.99 Å². The molecule has 1 aromatic carbocycles. The molecule has 0 aliphatic heterocycles. The molecular weight excluding hydrogens is 381 g/mol. The van der Waals surface area contributed by atoms with Crippen LogP contribution in [0.2, 0.25) is 15.1 Å². The summed E-state index contributed by atoms with van der Waals surface area (Å²) in [5.41, 5.74) is -0.254. The Morgan fingerprint density at radius 3 is 2.42 bits per heavy atom. The lowest BCUT2D eigenvalue weighted by Gasteiger charge is -2.09. The van der Waals surface area contributed by atoms with E-state index in [2.05, 4.69) is 9.73 Å². The number of aliphatic hydroxyl groups is 1. The van der Waals surface area contributed by atoms with Crippen LogP contribution in [0.3, 0.4) is 0 Å². The van der Waals surface area contributed by atoms with Gasteiger partial charge in [0.25, 0.3) is 0 Å². The maximum Gasteiger partial charge on any atom is 0.343 e. The van der Waals surface area contributed by atoms with Crippen molar-refractivity contribution in [2.45, 2.75) is 13.8 Å². The number of aliphatic imine (C=N–C) groups is 1. The van der Waals surface area contributed by atoms with Gasteiger partial charge in [-0.25, -0.2) is 9.59 Å². The van der Waals surface area contributed by atoms with Crippen LogP contribution in [0.25, 0.3) is 0 Å². The topological polar surface area (TPSA) is 85.2 Å². The lowest BCUT2D eigenvalue weighted by molar-refractivity contribution is -0.138. The maximum atomic E-state index is 11.8. The zero-order chi connectivity index (χ0) is 18.4. The Labute approximate surface area is 153 Å². The van der Waals surface area contributed by atoms with Crippen LogP contribution in [0, 0.1) is 0 Å². The fourth-order valence-electron chi connectivity index (χ4n) is 1.60. The largest absolute Gasteiger partial charge is 0.512 e. The highest BCUT2D eigenvalue weighted by molar-refractivity contribution is 6.47. The Bertz CT molecular complexity index is 724. The first-order valence-corrected chi connectivity index (χ1v) is 7.74. The second-order valence-electron chi connectivity index (χ2n) is 4.35. The third-order valence-electron chi connectivity index (χ3n) is 2.74. The predicted molar refractivity (Wildman–Crippen MR) is 92.9 cm³/mol. The zero-order valence-electron chi connectivity index (χ0n) is 13.0. The molecule has 0 saturated carbocycles. The SMILES string of the molecule is CCOC(=O)C(C=Nc1cc(Cl)c(Cl)c(C(=O)OC)c1Cl)=C(C)O. The number of hydrogen-bond acceptors (Lipinski definition) is 6. The van der Waals surface area contributed by atoms with Crippen molar-refractivity contribution in [3.63, 3.8) is 0 Å². The molecule has 0 heterocycles. The molecule has 130 valence electrons. The first kappa shape index (κ1) is 20.3. The molecule has 1 N–H and O–H groups in total. The molecule has 0 fully saturated rings. The summed E-state index contributed by atoms with van der Waals surface area (Å²) in [4.78, 5) is 27.5. The van der Waals surface area contributed by atoms with Crippen LogP contribution < -0.4 is 0 Å². The van der Waals surface area contributed by atoms with Crippen molar-refractivity contribution in [3.8, 4) is 0 Å². The quantitative estimate of drug-likeness (QED) is 0.261. The predicted octanol–water partition coefficient (Wildman–Crippen LogP) is 4.53. The van der Waals surface area contributed by atoms with E-state index in [1.54, 1.807) is 6.92 Å². The highest BCUT2D eigenvalue weighted by Gasteiger charge is 2.21. The zero-order valence-corrected chi connectivity index (χ0v) is 15.3. The molecule has 0 saturated heterocycles. The minimum absolute atomic E-state index is 0.0241. The third kappa shape index (κ3) is 4.63. The van der Waals surface area contributed by atoms with E-state index < -0.39 is 11.9 Å². The molecule has 0 aliphatic carbocycles. The van der Waals surface area contributed by atoms with Crippen molar-refractivity contribution >= 4 is 58.6 Å².